The molecule has 1 aromatic carbocycles. The normalized spacial score (nSPS) is 14.9. The first-order chi connectivity index (χ1) is 14.9. The van der Waals surface area contributed by atoms with Crippen LogP contribution in [0.15, 0.2) is 42.7 Å². The largest absolute Gasteiger partial charge is 0.486 e. The zero-order chi connectivity index (χ0) is 22.0. The molecule has 0 bridgehead atoms. The average molecular weight is 421 g/mol. The van der Waals surface area contributed by atoms with Gasteiger partial charge in [-0.05, 0) is 39.0 Å². The van der Waals surface area contributed by atoms with Crippen LogP contribution in [0, 0.1) is 20.8 Å². The van der Waals surface area contributed by atoms with Gasteiger partial charge in [-0.1, -0.05) is 12.1 Å². The molecule has 0 N–H and O–H groups in total. The second-order valence-electron chi connectivity index (χ2n) is 7.44. The summed E-state index contributed by atoms with van der Waals surface area (Å²) in [5.41, 5.74) is 2.97. The number of para-hydroxylation sites is 2. The number of aromatic nitrogens is 3. The Kier molecular flexibility index (Phi) is 5.70. The Labute approximate surface area is 179 Å². The van der Waals surface area contributed by atoms with Crippen molar-refractivity contribution < 1.29 is 23.8 Å². The van der Waals surface area contributed by atoms with E-state index in [1.54, 1.807) is 13.0 Å². The van der Waals surface area contributed by atoms with Crippen LogP contribution < -0.4 is 9.47 Å². The summed E-state index contributed by atoms with van der Waals surface area (Å²) in [6, 6.07) is 9.35. The van der Waals surface area contributed by atoms with E-state index in [0.717, 1.165) is 17.1 Å². The molecule has 160 valence electrons. The Morgan fingerprint density at radius 2 is 1.90 bits per heavy atom. The monoisotopic (exact) mass is 421 g/mol. The molecule has 1 atom stereocenters. The molecular formula is C23H23N3O5. The third-order valence-electron chi connectivity index (χ3n) is 5.15. The quantitative estimate of drug-likeness (QED) is 0.446. The molecule has 1 aliphatic rings. The van der Waals surface area contributed by atoms with Gasteiger partial charge in [-0.25, -0.2) is 9.78 Å². The lowest BCUT2D eigenvalue weighted by atomic mass is 10.1. The highest BCUT2D eigenvalue weighted by Gasteiger charge is 2.24. The molecule has 3 heterocycles. The number of fused-ring (bicyclic) bond motifs is 1. The highest BCUT2D eigenvalue weighted by atomic mass is 16.6. The van der Waals surface area contributed by atoms with Crippen molar-refractivity contribution in [1.82, 2.24) is 14.5 Å². The molecule has 2 aromatic heterocycles. The van der Waals surface area contributed by atoms with E-state index in [1.807, 2.05) is 42.7 Å². The van der Waals surface area contributed by atoms with Gasteiger partial charge in [-0.3, -0.25) is 9.78 Å². The van der Waals surface area contributed by atoms with Crippen LogP contribution in [0.25, 0.3) is 0 Å². The van der Waals surface area contributed by atoms with Crippen LogP contribution >= 0.6 is 0 Å². The fourth-order valence-corrected chi connectivity index (χ4v) is 3.50. The number of ketones is 1. The van der Waals surface area contributed by atoms with Gasteiger partial charge in [0.1, 0.15) is 6.61 Å². The number of rotatable bonds is 6. The first kappa shape index (κ1) is 20.6. The van der Waals surface area contributed by atoms with Gasteiger partial charge in [0.2, 0.25) is 5.78 Å². The number of ether oxygens (including phenoxy) is 3. The van der Waals surface area contributed by atoms with E-state index < -0.39 is 5.97 Å². The molecule has 0 spiro atoms. The number of aryl methyl sites for hydroxylation is 2. The second-order valence-corrected chi connectivity index (χ2v) is 7.44. The first-order valence-corrected chi connectivity index (χ1v) is 9.96. The zero-order valence-electron chi connectivity index (χ0n) is 17.6. The van der Waals surface area contributed by atoms with Crippen molar-refractivity contribution in [3.63, 3.8) is 0 Å². The van der Waals surface area contributed by atoms with Gasteiger partial charge in [-0.2, -0.15) is 0 Å². The Morgan fingerprint density at radius 3 is 2.65 bits per heavy atom. The molecule has 3 aromatic rings. The summed E-state index contributed by atoms with van der Waals surface area (Å²) >= 11 is 0. The van der Waals surface area contributed by atoms with Crippen molar-refractivity contribution in [2.75, 3.05) is 13.2 Å². The summed E-state index contributed by atoms with van der Waals surface area (Å²) in [4.78, 5) is 32.8. The maximum Gasteiger partial charge on any atom is 0.358 e. The van der Waals surface area contributed by atoms with Crippen LogP contribution in [0.3, 0.4) is 0 Å². The summed E-state index contributed by atoms with van der Waals surface area (Å²) in [6.45, 7) is 6.16. The summed E-state index contributed by atoms with van der Waals surface area (Å²) in [5, 5.41) is 0. The van der Waals surface area contributed by atoms with Gasteiger partial charge in [0.15, 0.2) is 29.9 Å². The molecule has 8 heteroatoms. The average Bonchev–Trinajstić information content (AvgIpc) is 3.06. The number of carbonyl (C=O) groups is 2. The smallest absolute Gasteiger partial charge is 0.358 e. The molecule has 8 nitrogen and oxygen atoms in total. The van der Waals surface area contributed by atoms with Gasteiger partial charge in [0.25, 0.3) is 0 Å². The predicted molar refractivity (Wildman–Crippen MR) is 112 cm³/mol. The molecule has 0 saturated carbocycles. The van der Waals surface area contributed by atoms with E-state index in [1.165, 1.54) is 12.4 Å². The fourth-order valence-electron chi connectivity index (χ4n) is 3.50. The van der Waals surface area contributed by atoms with Gasteiger partial charge in [0, 0.05) is 23.1 Å². The summed E-state index contributed by atoms with van der Waals surface area (Å²) in [5.74, 6) is 0.485. The van der Waals surface area contributed by atoms with Crippen LogP contribution in [0.2, 0.25) is 0 Å². The van der Waals surface area contributed by atoms with E-state index in [2.05, 4.69) is 9.97 Å². The third-order valence-corrected chi connectivity index (χ3v) is 5.15. The van der Waals surface area contributed by atoms with Crippen molar-refractivity contribution in [3.8, 4) is 11.5 Å². The molecule has 4 rings (SSSR count). The highest BCUT2D eigenvalue weighted by Crippen LogP contribution is 2.31. The molecule has 0 radical (unpaired) electrons. The Balaban J connectivity index is 1.41. The molecule has 0 aliphatic carbocycles. The van der Waals surface area contributed by atoms with Crippen LogP contribution in [-0.4, -0.2) is 45.6 Å². The summed E-state index contributed by atoms with van der Waals surface area (Å²) in [6.07, 6.45) is 2.63. The summed E-state index contributed by atoms with van der Waals surface area (Å²) < 4.78 is 19.0. The summed E-state index contributed by atoms with van der Waals surface area (Å²) in [7, 11) is 0. The second kappa shape index (κ2) is 8.59. The molecule has 0 fully saturated rings. The van der Waals surface area contributed by atoms with Crippen molar-refractivity contribution in [2.45, 2.75) is 33.4 Å². The Bertz CT molecular complexity index is 1120. The molecular weight excluding hydrogens is 398 g/mol. The van der Waals surface area contributed by atoms with Crippen LogP contribution in [0.4, 0.5) is 0 Å². The standard InChI is InChI=1S/C23H23N3O5/c1-14-9-25-19(10-24-14)23(28)30-13-20(27)18-8-15(2)26(16(18)3)11-17-12-29-21-6-4-5-7-22(21)31-17/h4-10,17H,11-13H2,1-3H3. The predicted octanol–water partition coefficient (Wildman–Crippen LogP) is 3.08. The van der Waals surface area contributed by atoms with E-state index in [9.17, 15) is 9.59 Å². The Morgan fingerprint density at radius 1 is 1.13 bits per heavy atom. The SMILES string of the molecule is Cc1cnc(C(=O)OCC(=O)c2cc(C)n(CC3COc4ccccc4O3)c2C)cn1. The lowest BCUT2D eigenvalue weighted by Gasteiger charge is -2.27. The Hall–Kier alpha value is -3.68. The molecule has 0 amide bonds. The number of benzene rings is 1. The van der Waals surface area contributed by atoms with Crippen LogP contribution in [0.1, 0.15) is 37.9 Å². The lowest BCUT2D eigenvalue weighted by Crippen LogP contribution is -2.33. The van der Waals surface area contributed by atoms with Crippen molar-refractivity contribution in [1.29, 1.82) is 0 Å². The van der Waals surface area contributed by atoms with Crippen molar-refractivity contribution in [3.05, 3.63) is 71.1 Å². The highest BCUT2D eigenvalue weighted by molar-refractivity contribution is 6.00. The molecule has 31 heavy (non-hydrogen) atoms. The number of Topliss-reactive ketones (excluding diaryl/α,β-unsaturated/α-hetero) is 1. The van der Waals surface area contributed by atoms with Crippen LogP contribution in [0.5, 0.6) is 11.5 Å². The van der Waals surface area contributed by atoms with E-state index in [-0.39, 0.29) is 24.2 Å². The van der Waals surface area contributed by atoms with Crippen LogP contribution in [-0.2, 0) is 11.3 Å². The topological polar surface area (TPSA) is 92.5 Å². The van der Waals surface area contributed by atoms with Gasteiger partial charge >= 0.3 is 5.97 Å². The van der Waals surface area contributed by atoms with Crippen molar-refractivity contribution >= 4 is 11.8 Å². The maximum atomic E-state index is 12.7. The minimum Gasteiger partial charge on any atom is -0.486 e. The van der Waals surface area contributed by atoms with Gasteiger partial charge in [-0.15, -0.1) is 0 Å². The van der Waals surface area contributed by atoms with E-state index in [4.69, 9.17) is 14.2 Å². The minimum atomic E-state index is -0.680. The maximum absolute atomic E-state index is 12.7. The zero-order valence-corrected chi connectivity index (χ0v) is 17.6. The molecule has 1 unspecified atom stereocenters. The third kappa shape index (κ3) is 4.42. The number of nitrogens with zero attached hydrogens (tertiary/aromatic N) is 3. The van der Waals surface area contributed by atoms with Gasteiger partial charge in [0.05, 0.1) is 18.4 Å². The molecule has 0 saturated heterocycles. The van der Waals surface area contributed by atoms with Gasteiger partial charge < -0.3 is 18.8 Å². The van der Waals surface area contributed by atoms with E-state index >= 15 is 0 Å². The number of carbonyl (C=O) groups excluding carboxylic acids is 2. The number of esters is 1. The molecule has 1 aliphatic heterocycles. The minimum absolute atomic E-state index is 0.0681. The van der Waals surface area contributed by atoms with Crippen molar-refractivity contribution in [2.24, 2.45) is 0 Å². The number of hydrogen-bond donors (Lipinski definition) is 0. The first-order valence-electron chi connectivity index (χ1n) is 9.96. The number of hydrogen-bond acceptors (Lipinski definition) is 7. The lowest BCUT2D eigenvalue weighted by molar-refractivity contribution is 0.0468. The van der Waals surface area contributed by atoms with E-state index in [0.29, 0.717) is 30.2 Å². The fraction of sp³-hybridized carbons (Fsp3) is 0.304.